The molecule has 3 rings (SSSR count). The molecule has 0 aromatic heterocycles. The lowest BCUT2D eigenvalue weighted by Gasteiger charge is -2.24. The van der Waals surface area contributed by atoms with E-state index in [1.807, 2.05) is 36.5 Å². The van der Waals surface area contributed by atoms with Gasteiger partial charge in [0.2, 0.25) is 5.71 Å². The molecule has 0 aromatic carbocycles. The van der Waals surface area contributed by atoms with Crippen molar-refractivity contribution >= 4 is 5.71 Å². The van der Waals surface area contributed by atoms with Gasteiger partial charge in [0.25, 0.3) is 0 Å². The van der Waals surface area contributed by atoms with Crippen molar-refractivity contribution in [2.45, 2.75) is 0 Å². The van der Waals surface area contributed by atoms with Crippen LogP contribution in [0.25, 0.3) is 0 Å². The second-order valence-corrected chi connectivity index (χ2v) is 3.60. The van der Waals surface area contributed by atoms with Gasteiger partial charge in [0, 0.05) is 11.6 Å². The molecule has 1 spiro atoms. The summed E-state index contributed by atoms with van der Waals surface area (Å²) < 4.78 is 0.954. The zero-order chi connectivity index (χ0) is 9.60. The van der Waals surface area contributed by atoms with Crippen molar-refractivity contribution in [3.8, 4) is 0 Å². The number of hydrogen-bond acceptors (Lipinski definition) is 1. The second-order valence-electron chi connectivity index (χ2n) is 3.60. The fourth-order valence-corrected chi connectivity index (χ4v) is 2.16. The van der Waals surface area contributed by atoms with Crippen LogP contribution in [0.2, 0.25) is 0 Å². The molecular formula is C12H9NO. The topological polar surface area (TPSA) is 26.1 Å². The van der Waals surface area contributed by atoms with Gasteiger partial charge in [-0.2, -0.15) is 4.74 Å². The summed E-state index contributed by atoms with van der Waals surface area (Å²) in [5, 5.41) is 11.6. The highest BCUT2D eigenvalue weighted by atomic mass is 16.5. The summed E-state index contributed by atoms with van der Waals surface area (Å²) in [6.07, 6.45) is 17.5. The van der Waals surface area contributed by atoms with E-state index < -0.39 is 0 Å². The Balaban J connectivity index is 2.28. The molecule has 0 saturated heterocycles. The predicted octanol–water partition coefficient (Wildman–Crippen LogP) is 2.07. The predicted molar refractivity (Wildman–Crippen MR) is 55.7 cm³/mol. The SMILES string of the molecule is [O-][N+]1=C2C=CC=CC23C=CC=CC3=C1. The maximum atomic E-state index is 11.6. The van der Waals surface area contributed by atoms with Crippen LogP contribution in [0.4, 0.5) is 0 Å². The standard InChI is InChI=1S/C12H9NO/c14-13-9-10-5-1-3-7-12(10)8-4-2-6-11(12)13/h1-9H. The maximum Gasteiger partial charge on any atom is 0.211 e. The highest BCUT2D eigenvalue weighted by Crippen LogP contribution is 2.41. The molecule has 2 aliphatic carbocycles. The minimum absolute atomic E-state index is 0.286. The number of allylic oxidation sites excluding steroid dienone is 9. The van der Waals surface area contributed by atoms with Crippen molar-refractivity contribution in [1.82, 2.24) is 0 Å². The summed E-state index contributed by atoms with van der Waals surface area (Å²) >= 11 is 0. The molecule has 0 bridgehead atoms. The van der Waals surface area contributed by atoms with Crippen LogP contribution < -0.4 is 0 Å². The zero-order valence-corrected chi connectivity index (χ0v) is 7.55. The first-order chi connectivity index (χ1) is 6.83. The van der Waals surface area contributed by atoms with E-state index >= 15 is 0 Å². The molecule has 0 radical (unpaired) electrons. The van der Waals surface area contributed by atoms with Gasteiger partial charge in [-0.3, -0.25) is 0 Å². The van der Waals surface area contributed by atoms with Crippen molar-refractivity contribution in [3.63, 3.8) is 0 Å². The molecule has 0 fully saturated rings. The van der Waals surface area contributed by atoms with Crippen molar-refractivity contribution in [2.75, 3.05) is 0 Å². The van der Waals surface area contributed by atoms with E-state index in [0.29, 0.717) is 0 Å². The Morgan fingerprint density at radius 2 is 1.71 bits per heavy atom. The fraction of sp³-hybridized carbons (Fsp3) is 0.0833. The highest BCUT2D eigenvalue weighted by Gasteiger charge is 2.44. The number of hydroxylamine groups is 1. The smallest absolute Gasteiger partial charge is 0.211 e. The van der Waals surface area contributed by atoms with E-state index in [1.54, 1.807) is 6.20 Å². The molecule has 0 amide bonds. The summed E-state index contributed by atoms with van der Waals surface area (Å²) in [4.78, 5) is 0. The first kappa shape index (κ1) is 7.56. The monoisotopic (exact) mass is 183 g/mol. The third kappa shape index (κ3) is 0.732. The average molecular weight is 183 g/mol. The second kappa shape index (κ2) is 2.35. The quantitative estimate of drug-likeness (QED) is 0.417. The molecule has 14 heavy (non-hydrogen) atoms. The molecule has 1 atom stereocenters. The molecule has 0 N–H and O–H groups in total. The minimum Gasteiger partial charge on any atom is -0.618 e. The number of rotatable bonds is 0. The Labute approximate surface area is 82.1 Å². The van der Waals surface area contributed by atoms with Crippen LogP contribution >= 0.6 is 0 Å². The highest BCUT2D eigenvalue weighted by molar-refractivity contribution is 6.04. The third-order valence-corrected chi connectivity index (χ3v) is 2.87. The normalized spacial score (nSPS) is 31.9. The third-order valence-electron chi connectivity index (χ3n) is 2.87. The van der Waals surface area contributed by atoms with Crippen molar-refractivity contribution in [3.05, 3.63) is 65.6 Å². The van der Waals surface area contributed by atoms with Crippen molar-refractivity contribution in [2.24, 2.45) is 5.41 Å². The van der Waals surface area contributed by atoms with Crippen LogP contribution in [0.3, 0.4) is 0 Å². The molecule has 1 heterocycles. The number of hydrogen-bond donors (Lipinski definition) is 0. The van der Waals surface area contributed by atoms with Gasteiger partial charge in [-0.1, -0.05) is 42.5 Å². The van der Waals surface area contributed by atoms with E-state index in [9.17, 15) is 5.21 Å². The van der Waals surface area contributed by atoms with Crippen LogP contribution in [0.15, 0.2) is 60.4 Å². The van der Waals surface area contributed by atoms with Gasteiger partial charge in [0.15, 0.2) is 6.20 Å². The Kier molecular flexibility index (Phi) is 1.27. The van der Waals surface area contributed by atoms with E-state index in [1.165, 1.54) is 0 Å². The van der Waals surface area contributed by atoms with Crippen molar-refractivity contribution < 1.29 is 4.74 Å². The molecule has 1 unspecified atom stereocenters. The molecule has 2 heteroatoms. The van der Waals surface area contributed by atoms with Gasteiger partial charge in [0.05, 0.1) is 0 Å². The Hall–Kier alpha value is -1.83. The van der Waals surface area contributed by atoms with Crippen LogP contribution in [-0.4, -0.2) is 10.5 Å². The average Bonchev–Trinajstić information content (AvgIpc) is 2.51. The van der Waals surface area contributed by atoms with Gasteiger partial charge in [0.1, 0.15) is 5.41 Å². The Bertz CT molecular complexity index is 465. The lowest BCUT2D eigenvalue weighted by Crippen LogP contribution is -2.29. The van der Waals surface area contributed by atoms with Crippen LogP contribution in [0, 0.1) is 10.6 Å². The van der Waals surface area contributed by atoms with Gasteiger partial charge in [-0.25, -0.2) is 0 Å². The maximum absolute atomic E-state index is 11.6. The van der Waals surface area contributed by atoms with E-state index in [4.69, 9.17) is 0 Å². The van der Waals surface area contributed by atoms with Crippen LogP contribution in [-0.2, 0) is 0 Å². The summed E-state index contributed by atoms with van der Waals surface area (Å²) in [6, 6.07) is 0. The van der Waals surface area contributed by atoms with Crippen LogP contribution in [0.5, 0.6) is 0 Å². The Morgan fingerprint density at radius 1 is 1.00 bits per heavy atom. The summed E-state index contributed by atoms with van der Waals surface area (Å²) in [5.41, 5.74) is 1.55. The van der Waals surface area contributed by atoms with E-state index in [2.05, 4.69) is 12.2 Å². The van der Waals surface area contributed by atoms with Gasteiger partial charge in [-0.05, 0) is 0 Å². The zero-order valence-electron chi connectivity index (χ0n) is 7.55. The summed E-state index contributed by atoms with van der Waals surface area (Å²) in [6.45, 7) is 0. The molecule has 1 aliphatic heterocycles. The minimum atomic E-state index is -0.286. The Morgan fingerprint density at radius 3 is 2.50 bits per heavy atom. The molecular weight excluding hydrogens is 174 g/mol. The van der Waals surface area contributed by atoms with Gasteiger partial charge >= 0.3 is 0 Å². The lowest BCUT2D eigenvalue weighted by molar-refractivity contribution is -0.375. The van der Waals surface area contributed by atoms with Crippen molar-refractivity contribution in [1.29, 1.82) is 0 Å². The molecule has 3 aliphatic rings. The summed E-state index contributed by atoms with van der Waals surface area (Å²) in [5.74, 6) is 0. The van der Waals surface area contributed by atoms with E-state index in [-0.39, 0.29) is 5.41 Å². The first-order valence-electron chi connectivity index (χ1n) is 4.61. The fourth-order valence-electron chi connectivity index (χ4n) is 2.16. The summed E-state index contributed by atoms with van der Waals surface area (Å²) in [7, 11) is 0. The first-order valence-corrected chi connectivity index (χ1v) is 4.61. The lowest BCUT2D eigenvalue weighted by atomic mass is 9.73. The van der Waals surface area contributed by atoms with E-state index in [0.717, 1.165) is 16.0 Å². The molecule has 2 nitrogen and oxygen atoms in total. The van der Waals surface area contributed by atoms with Gasteiger partial charge in [-0.15, -0.1) is 0 Å². The largest absolute Gasteiger partial charge is 0.618 e. The molecule has 0 aromatic rings. The van der Waals surface area contributed by atoms with Gasteiger partial charge < -0.3 is 5.21 Å². The number of nitrogens with zero attached hydrogens (tertiary/aromatic N) is 1. The van der Waals surface area contributed by atoms with Crippen LogP contribution in [0.1, 0.15) is 0 Å². The molecule has 68 valence electrons. The molecule has 0 saturated carbocycles.